The van der Waals surface area contributed by atoms with E-state index in [9.17, 15) is 4.79 Å². The Kier molecular flexibility index (Phi) is 2.90. The first kappa shape index (κ1) is 11.7. The minimum Gasteiger partial charge on any atom is -0.493 e. The molecular weight excluding hydrogens is 218 g/mol. The van der Waals surface area contributed by atoms with Crippen molar-refractivity contribution in [3.05, 3.63) is 23.3 Å². The molecule has 4 nitrogen and oxygen atoms in total. The summed E-state index contributed by atoms with van der Waals surface area (Å²) in [7, 11) is 3.21. The maximum absolute atomic E-state index is 10.5. The number of hydrogen-bond acceptors (Lipinski definition) is 4. The molecule has 0 heterocycles. The first-order valence-electron chi connectivity index (χ1n) is 5.49. The molecule has 2 rings (SSSR count). The van der Waals surface area contributed by atoms with E-state index in [0.29, 0.717) is 11.5 Å². The Balaban J connectivity index is 2.54. The highest BCUT2D eigenvalue weighted by Crippen LogP contribution is 2.52. The van der Waals surface area contributed by atoms with Gasteiger partial charge in [0.25, 0.3) is 0 Å². The van der Waals surface area contributed by atoms with Crippen LogP contribution in [-0.4, -0.2) is 20.3 Å². The highest BCUT2D eigenvalue weighted by molar-refractivity contribution is 5.54. The van der Waals surface area contributed by atoms with E-state index in [1.165, 1.54) is 0 Å². The van der Waals surface area contributed by atoms with Crippen LogP contribution in [-0.2, 0) is 10.3 Å². The first-order valence-corrected chi connectivity index (χ1v) is 5.49. The van der Waals surface area contributed by atoms with Gasteiger partial charge in [-0.25, -0.2) is 4.79 Å². The predicted octanol–water partition coefficient (Wildman–Crippen LogP) is 2.34. The summed E-state index contributed by atoms with van der Waals surface area (Å²) in [5.41, 5.74) is 1.63. The molecule has 4 heteroatoms. The summed E-state index contributed by atoms with van der Waals surface area (Å²) in [6, 6.07) is 3.80. The van der Waals surface area contributed by atoms with Gasteiger partial charge in [-0.15, -0.1) is 0 Å². The zero-order valence-electron chi connectivity index (χ0n) is 10.2. The Morgan fingerprint density at radius 1 is 1.29 bits per heavy atom. The Morgan fingerprint density at radius 3 is 2.47 bits per heavy atom. The van der Waals surface area contributed by atoms with Gasteiger partial charge in [-0.2, -0.15) is 4.99 Å². The van der Waals surface area contributed by atoms with Crippen LogP contribution < -0.4 is 9.47 Å². The van der Waals surface area contributed by atoms with E-state index in [4.69, 9.17) is 9.47 Å². The Labute approximate surface area is 100 Å². The number of benzene rings is 1. The second-order valence-corrected chi connectivity index (χ2v) is 4.21. The normalized spacial score (nSPS) is 15.9. The summed E-state index contributed by atoms with van der Waals surface area (Å²) >= 11 is 0. The lowest BCUT2D eigenvalue weighted by molar-refractivity contribution is 0.352. The van der Waals surface area contributed by atoms with Crippen molar-refractivity contribution >= 4 is 6.08 Å². The lowest BCUT2D eigenvalue weighted by atomic mass is 9.98. The van der Waals surface area contributed by atoms with Crippen LogP contribution in [0.3, 0.4) is 0 Å². The highest BCUT2D eigenvalue weighted by Gasteiger charge is 2.46. The molecule has 0 unspecified atom stereocenters. The average Bonchev–Trinajstić information content (AvgIpc) is 3.09. The van der Waals surface area contributed by atoms with Crippen LogP contribution in [0.5, 0.6) is 11.5 Å². The average molecular weight is 233 g/mol. The van der Waals surface area contributed by atoms with E-state index in [2.05, 4.69) is 4.99 Å². The van der Waals surface area contributed by atoms with E-state index in [1.807, 2.05) is 19.1 Å². The minimum absolute atomic E-state index is 0.370. The molecule has 0 aromatic heterocycles. The number of hydrogen-bond donors (Lipinski definition) is 0. The van der Waals surface area contributed by atoms with E-state index < -0.39 is 0 Å². The smallest absolute Gasteiger partial charge is 0.235 e. The van der Waals surface area contributed by atoms with Gasteiger partial charge in [0, 0.05) is 5.56 Å². The fourth-order valence-electron chi connectivity index (χ4n) is 2.23. The highest BCUT2D eigenvalue weighted by atomic mass is 16.5. The van der Waals surface area contributed by atoms with Crippen molar-refractivity contribution in [3.63, 3.8) is 0 Å². The monoisotopic (exact) mass is 233 g/mol. The standard InChI is InChI=1S/C13H15NO3/c1-9-10(13(6-7-13)14-8-15)4-5-11(16-2)12(9)17-3/h4-5H,6-7H2,1-3H3. The minimum atomic E-state index is -0.370. The van der Waals surface area contributed by atoms with E-state index in [-0.39, 0.29) is 5.54 Å². The Morgan fingerprint density at radius 2 is 2.00 bits per heavy atom. The molecular formula is C13H15NO3. The molecule has 0 saturated heterocycles. The second-order valence-electron chi connectivity index (χ2n) is 4.21. The predicted molar refractivity (Wildman–Crippen MR) is 63.3 cm³/mol. The summed E-state index contributed by atoms with van der Waals surface area (Å²) in [6.07, 6.45) is 3.44. The Hall–Kier alpha value is -1.80. The second kappa shape index (κ2) is 4.22. The van der Waals surface area contributed by atoms with Gasteiger partial charge < -0.3 is 9.47 Å². The lowest BCUT2D eigenvalue weighted by Gasteiger charge is -2.17. The third-order valence-electron chi connectivity index (χ3n) is 3.28. The third kappa shape index (κ3) is 1.81. The molecule has 1 aliphatic carbocycles. The van der Waals surface area contributed by atoms with Crippen molar-refractivity contribution in [3.8, 4) is 11.5 Å². The number of aliphatic imine (C=N–C) groups is 1. The van der Waals surface area contributed by atoms with Crippen molar-refractivity contribution < 1.29 is 14.3 Å². The molecule has 0 bridgehead atoms. The molecule has 1 saturated carbocycles. The summed E-state index contributed by atoms with van der Waals surface area (Å²) in [4.78, 5) is 14.4. The van der Waals surface area contributed by atoms with E-state index in [1.54, 1.807) is 20.3 Å². The van der Waals surface area contributed by atoms with Crippen molar-refractivity contribution in [1.82, 2.24) is 0 Å². The number of ether oxygens (including phenoxy) is 2. The molecule has 0 spiro atoms. The largest absolute Gasteiger partial charge is 0.493 e. The molecule has 90 valence electrons. The maximum Gasteiger partial charge on any atom is 0.235 e. The zero-order chi connectivity index (χ0) is 12.5. The molecule has 0 radical (unpaired) electrons. The molecule has 0 N–H and O–H groups in total. The molecule has 1 aromatic carbocycles. The van der Waals surface area contributed by atoms with Crippen LogP contribution in [0.15, 0.2) is 17.1 Å². The van der Waals surface area contributed by atoms with Crippen LogP contribution >= 0.6 is 0 Å². The molecule has 17 heavy (non-hydrogen) atoms. The van der Waals surface area contributed by atoms with Gasteiger partial charge >= 0.3 is 0 Å². The van der Waals surface area contributed by atoms with Crippen LogP contribution in [0.4, 0.5) is 0 Å². The quantitative estimate of drug-likeness (QED) is 0.592. The zero-order valence-corrected chi connectivity index (χ0v) is 10.2. The fourth-order valence-corrected chi connectivity index (χ4v) is 2.23. The van der Waals surface area contributed by atoms with Crippen molar-refractivity contribution in [2.75, 3.05) is 14.2 Å². The van der Waals surface area contributed by atoms with Gasteiger partial charge in [-0.1, -0.05) is 6.07 Å². The van der Waals surface area contributed by atoms with Gasteiger partial charge in [0.2, 0.25) is 6.08 Å². The number of methoxy groups -OCH3 is 2. The summed E-state index contributed by atoms with van der Waals surface area (Å²) in [5, 5.41) is 0. The maximum atomic E-state index is 10.5. The molecule has 0 aliphatic heterocycles. The molecule has 1 aromatic rings. The number of rotatable bonds is 4. The van der Waals surface area contributed by atoms with E-state index >= 15 is 0 Å². The molecule has 1 fully saturated rings. The molecule has 1 aliphatic rings. The summed E-state index contributed by atoms with van der Waals surface area (Å²) in [5.74, 6) is 1.40. The third-order valence-corrected chi connectivity index (χ3v) is 3.28. The van der Waals surface area contributed by atoms with Crippen molar-refractivity contribution in [2.45, 2.75) is 25.3 Å². The summed E-state index contributed by atoms with van der Waals surface area (Å²) in [6.45, 7) is 1.96. The van der Waals surface area contributed by atoms with Crippen molar-refractivity contribution in [1.29, 1.82) is 0 Å². The van der Waals surface area contributed by atoms with E-state index in [0.717, 1.165) is 24.0 Å². The fraction of sp³-hybridized carbons (Fsp3) is 0.462. The number of isocyanates is 1. The van der Waals surface area contributed by atoms with Gasteiger partial charge in [0.1, 0.15) is 0 Å². The Bertz CT molecular complexity index is 486. The van der Waals surface area contributed by atoms with Gasteiger partial charge in [0.05, 0.1) is 19.8 Å². The van der Waals surface area contributed by atoms with Crippen LogP contribution in [0.1, 0.15) is 24.0 Å². The topological polar surface area (TPSA) is 47.9 Å². The summed E-state index contributed by atoms with van der Waals surface area (Å²) < 4.78 is 10.6. The van der Waals surface area contributed by atoms with Crippen LogP contribution in [0.2, 0.25) is 0 Å². The van der Waals surface area contributed by atoms with Crippen molar-refractivity contribution in [2.24, 2.45) is 4.99 Å². The van der Waals surface area contributed by atoms with Gasteiger partial charge in [0.15, 0.2) is 11.5 Å². The first-order chi connectivity index (χ1) is 8.18. The van der Waals surface area contributed by atoms with Gasteiger partial charge in [-0.3, -0.25) is 0 Å². The SMILES string of the molecule is COc1ccc(C2(N=C=O)CC2)c(C)c1OC. The molecule has 0 amide bonds. The van der Waals surface area contributed by atoms with Crippen LogP contribution in [0, 0.1) is 6.92 Å². The van der Waals surface area contributed by atoms with Gasteiger partial charge in [-0.05, 0) is 31.4 Å². The number of carbonyl (C=O) groups excluding carboxylic acids is 1. The number of nitrogens with zero attached hydrogens (tertiary/aromatic N) is 1. The van der Waals surface area contributed by atoms with Crippen LogP contribution in [0.25, 0.3) is 0 Å². The lowest BCUT2D eigenvalue weighted by Crippen LogP contribution is -2.07. The molecule has 0 atom stereocenters.